The molecule has 2 aromatic carbocycles. The van der Waals surface area contributed by atoms with Crippen LogP contribution in [0.5, 0.6) is 0 Å². The number of amides is 1. The van der Waals surface area contributed by atoms with E-state index in [4.69, 9.17) is 9.41 Å². The molecule has 2 aliphatic rings. The minimum atomic E-state index is -0.688. The number of carbonyl (C=O) groups excluding carboxylic acids is 1. The Hall–Kier alpha value is -4.18. The quantitative estimate of drug-likeness (QED) is 0.357. The first-order valence-electron chi connectivity index (χ1n) is 10.00. The van der Waals surface area contributed by atoms with Crippen LogP contribution in [0.3, 0.4) is 0 Å². The summed E-state index contributed by atoms with van der Waals surface area (Å²) in [7, 11) is 0. The van der Waals surface area contributed by atoms with E-state index >= 15 is 0 Å². The zero-order chi connectivity index (χ0) is 22.9. The molecule has 10 heteroatoms. The lowest BCUT2D eigenvalue weighted by atomic mass is 10.1. The average Bonchev–Trinajstić information content (AvgIpc) is 3.32. The fourth-order valence-corrected chi connectivity index (χ4v) is 4.20. The number of carbonyl (C=O) groups is 1. The Morgan fingerprint density at radius 2 is 1.97 bits per heavy atom. The lowest BCUT2D eigenvalue weighted by Gasteiger charge is -2.32. The molecule has 3 heterocycles. The Kier molecular flexibility index (Phi) is 5.27. The van der Waals surface area contributed by atoms with Gasteiger partial charge in [0.2, 0.25) is 6.17 Å². The predicted octanol–water partition coefficient (Wildman–Crippen LogP) is 2.92. The summed E-state index contributed by atoms with van der Waals surface area (Å²) in [6.45, 7) is 3.71. The molecule has 0 saturated heterocycles. The van der Waals surface area contributed by atoms with E-state index < -0.39 is 11.1 Å². The van der Waals surface area contributed by atoms with Gasteiger partial charge in [0.1, 0.15) is 11.5 Å². The zero-order valence-electron chi connectivity index (χ0n) is 17.2. The van der Waals surface area contributed by atoms with Gasteiger partial charge in [-0.3, -0.25) is 20.2 Å². The van der Waals surface area contributed by atoms with Crippen LogP contribution < -0.4 is 15.9 Å². The number of rotatable bonds is 5. The number of furan rings is 1. The molecule has 1 amide bonds. The average molecular weight is 459 g/mol. The highest BCUT2D eigenvalue weighted by Gasteiger charge is 2.35. The molecule has 3 aromatic rings. The van der Waals surface area contributed by atoms with Crippen molar-refractivity contribution in [3.63, 3.8) is 0 Å². The normalized spacial score (nSPS) is 16.8. The van der Waals surface area contributed by atoms with Crippen LogP contribution in [0.25, 0.3) is 17.0 Å². The fourth-order valence-electron chi connectivity index (χ4n) is 3.61. The van der Waals surface area contributed by atoms with E-state index in [0.717, 1.165) is 0 Å². The molecular formula is C23H17N5O4S. The molecule has 5 rings (SSSR count). The fraction of sp³-hybridized carbons (Fsp3) is 0.0870. The van der Waals surface area contributed by atoms with Crippen molar-refractivity contribution in [1.82, 2.24) is 10.3 Å². The summed E-state index contributed by atoms with van der Waals surface area (Å²) >= 11 is 1.36. The maximum atomic E-state index is 13.0. The van der Waals surface area contributed by atoms with E-state index in [9.17, 15) is 14.9 Å². The molecule has 0 bridgehead atoms. The smallest absolute Gasteiger partial charge is 0.276 e. The number of hydrazone groups is 1. The zero-order valence-corrected chi connectivity index (χ0v) is 18.0. The number of thioether (sulfide) groups is 1. The highest BCUT2D eigenvalue weighted by molar-refractivity contribution is 8.14. The molecule has 0 fully saturated rings. The van der Waals surface area contributed by atoms with Gasteiger partial charge in [-0.05, 0) is 30.3 Å². The number of nitro benzene ring substituents is 1. The van der Waals surface area contributed by atoms with Crippen LogP contribution in [0.4, 0.5) is 5.69 Å². The van der Waals surface area contributed by atoms with Gasteiger partial charge in [0, 0.05) is 28.7 Å². The third-order valence-electron chi connectivity index (χ3n) is 5.10. The molecule has 0 radical (unpaired) electrons. The Balaban J connectivity index is 1.58. The lowest BCUT2D eigenvalue weighted by molar-refractivity contribution is -0.384. The largest absolute Gasteiger partial charge is 0.457 e. The minimum Gasteiger partial charge on any atom is -0.457 e. The maximum absolute atomic E-state index is 13.0. The summed E-state index contributed by atoms with van der Waals surface area (Å²) in [5.41, 5.74) is 1.08. The first-order valence-corrected chi connectivity index (χ1v) is 11.0. The number of fused-ring (bicyclic) bond motifs is 2. The van der Waals surface area contributed by atoms with Crippen molar-refractivity contribution in [2.75, 3.05) is 5.75 Å². The first-order chi connectivity index (χ1) is 16.0. The van der Waals surface area contributed by atoms with Gasteiger partial charge >= 0.3 is 0 Å². The molecule has 0 aliphatic carbocycles. The molecule has 1 unspecified atom stereocenters. The van der Waals surface area contributed by atoms with Crippen molar-refractivity contribution in [1.29, 1.82) is 0 Å². The van der Waals surface area contributed by atoms with E-state index in [1.165, 1.54) is 23.9 Å². The van der Waals surface area contributed by atoms with Gasteiger partial charge in [-0.2, -0.15) is 0 Å². The standard InChI is InChI=1S/C23H17N5O4S/c1-2-13-33-23-25-22(29)20-16-5-3-4-6-17(16)24-21(27(20)26-23)19-12-11-18(32-19)14-7-9-15(10-8-14)28(30)31/h2-12,21H,1,13H2,(H,25,26,29). The highest BCUT2D eigenvalue weighted by atomic mass is 32.2. The van der Waals surface area contributed by atoms with Crippen molar-refractivity contribution in [2.45, 2.75) is 6.17 Å². The van der Waals surface area contributed by atoms with E-state index in [0.29, 0.717) is 44.3 Å². The molecule has 164 valence electrons. The van der Waals surface area contributed by atoms with Crippen LogP contribution in [-0.2, 0) is 4.79 Å². The van der Waals surface area contributed by atoms with E-state index in [1.54, 1.807) is 35.4 Å². The van der Waals surface area contributed by atoms with E-state index in [-0.39, 0.29) is 11.6 Å². The van der Waals surface area contributed by atoms with Crippen LogP contribution in [0, 0.1) is 10.1 Å². The predicted molar refractivity (Wildman–Crippen MR) is 124 cm³/mol. The highest BCUT2D eigenvalue weighted by Crippen LogP contribution is 2.34. The molecule has 33 heavy (non-hydrogen) atoms. The molecule has 1 aromatic heterocycles. The second-order valence-electron chi connectivity index (χ2n) is 7.18. The van der Waals surface area contributed by atoms with Crippen LogP contribution in [-0.4, -0.2) is 26.8 Å². The van der Waals surface area contributed by atoms with Gasteiger partial charge in [-0.25, -0.2) is 10.0 Å². The SMILES string of the molecule is C=CCSC1=NN2C(=c3ccccc3=NC2c2ccc(-c3ccc([N+](=O)[O-])cc3)o2)C(=O)N1. The molecule has 2 aliphatic heterocycles. The third kappa shape index (κ3) is 3.80. The van der Waals surface area contributed by atoms with E-state index in [1.807, 2.05) is 24.3 Å². The summed E-state index contributed by atoms with van der Waals surface area (Å²) in [5, 5.41) is 21.8. The Morgan fingerprint density at radius 1 is 1.18 bits per heavy atom. The molecule has 1 N–H and O–H groups in total. The van der Waals surface area contributed by atoms with E-state index in [2.05, 4.69) is 17.0 Å². The Bertz CT molecular complexity index is 1430. The molecular weight excluding hydrogens is 442 g/mol. The summed E-state index contributed by atoms with van der Waals surface area (Å²) in [6.07, 6.45) is 1.04. The number of nitrogens with one attached hydrogen (secondary N) is 1. The third-order valence-corrected chi connectivity index (χ3v) is 5.96. The van der Waals surface area contributed by atoms with Gasteiger partial charge in [-0.15, -0.1) is 11.7 Å². The number of nitrogens with zero attached hydrogens (tertiary/aromatic N) is 4. The molecule has 0 spiro atoms. The van der Waals surface area contributed by atoms with Crippen molar-refractivity contribution < 1.29 is 14.1 Å². The number of hydrogen-bond acceptors (Lipinski definition) is 8. The van der Waals surface area contributed by atoms with Gasteiger partial charge in [0.05, 0.1) is 10.3 Å². The topological polar surface area (TPSA) is 113 Å². The summed E-state index contributed by atoms with van der Waals surface area (Å²) in [5.74, 6) is 1.33. The number of amidine groups is 1. The van der Waals surface area contributed by atoms with Gasteiger partial charge in [0.15, 0.2) is 10.9 Å². The van der Waals surface area contributed by atoms with Crippen molar-refractivity contribution in [2.24, 2.45) is 10.1 Å². The van der Waals surface area contributed by atoms with Gasteiger partial charge in [-0.1, -0.05) is 36.0 Å². The van der Waals surface area contributed by atoms with Crippen LogP contribution >= 0.6 is 11.8 Å². The minimum absolute atomic E-state index is 0.00174. The second-order valence-corrected chi connectivity index (χ2v) is 8.19. The number of non-ortho nitro benzene ring substituents is 1. The molecule has 9 nitrogen and oxygen atoms in total. The summed E-state index contributed by atoms with van der Waals surface area (Å²) in [4.78, 5) is 28.3. The van der Waals surface area contributed by atoms with Crippen LogP contribution in [0.2, 0.25) is 0 Å². The van der Waals surface area contributed by atoms with Gasteiger partial charge < -0.3 is 4.42 Å². The monoisotopic (exact) mass is 459 g/mol. The number of nitro groups is 1. The molecule has 1 atom stereocenters. The number of benzene rings is 2. The Labute approximate surface area is 192 Å². The first kappa shape index (κ1) is 20.7. The summed E-state index contributed by atoms with van der Waals surface area (Å²) < 4.78 is 6.08. The van der Waals surface area contributed by atoms with Crippen molar-refractivity contribution in [3.8, 4) is 11.3 Å². The van der Waals surface area contributed by atoms with Gasteiger partial charge in [0.25, 0.3) is 11.6 Å². The number of hydrogen-bond donors (Lipinski definition) is 1. The van der Waals surface area contributed by atoms with Crippen molar-refractivity contribution in [3.05, 3.63) is 99.8 Å². The maximum Gasteiger partial charge on any atom is 0.276 e. The number of para-hydroxylation sites is 1. The van der Waals surface area contributed by atoms with Crippen LogP contribution in [0.1, 0.15) is 11.9 Å². The van der Waals surface area contributed by atoms with Crippen LogP contribution in [0.15, 0.2) is 87.8 Å². The lowest BCUT2D eigenvalue weighted by Crippen LogP contribution is -2.50. The molecule has 0 saturated carbocycles. The Morgan fingerprint density at radius 3 is 2.73 bits per heavy atom. The second kappa shape index (κ2) is 8.40. The summed E-state index contributed by atoms with van der Waals surface area (Å²) in [6, 6.07) is 17.0. The van der Waals surface area contributed by atoms with Crippen molar-refractivity contribution >= 4 is 34.2 Å².